The summed E-state index contributed by atoms with van der Waals surface area (Å²) < 4.78 is 75.9. The average Bonchev–Trinajstić information content (AvgIpc) is 3.45. The normalized spacial score (nSPS) is 24.0. The lowest BCUT2D eigenvalue weighted by Gasteiger charge is -2.50. The molecule has 0 spiro atoms. The van der Waals surface area contributed by atoms with Gasteiger partial charge in [-0.05, 0) is 38.9 Å². The van der Waals surface area contributed by atoms with E-state index in [2.05, 4.69) is 0 Å². The molecule has 0 saturated carbocycles. The molecule has 0 aromatic heterocycles. The highest BCUT2D eigenvalue weighted by atomic mass is 16.8. The van der Waals surface area contributed by atoms with Gasteiger partial charge in [-0.15, -0.1) is 0 Å². The van der Waals surface area contributed by atoms with Crippen LogP contribution in [0.5, 0.6) is 0 Å². The summed E-state index contributed by atoms with van der Waals surface area (Å²) in [7, 11) is 1.61. The van der Waals surface area contributed by atoms with Gasteiger partial charge >= 0.3 is 0 Å². The minimum atomic E-state index is -1.09. The van der Waals surface area contributed by atoms with Crippen molar-refractivity contribution < 1.29 is 52.1 Å². The van der Waals surface area contributed by atoms with E-state index in [1.807, 2.05) is 212 Å². The molecule has 0 aliphatic carbocycles. The lowest BCUT2D eigenvalue weighted by Crippen LogP contribution is -2.66. The van der Waals surface area contributed by atoms with Crippen LogP contribution < -0.4 is 0 Å². The summed E-state index contributed by atoms with van der Waals surface area (Å²) in [6.45, 7) is 2.27. The fraction of sp³-hybridized carbons (Fsp3) is 0.323. The molecule has 0 radical (unpaired) electrons. The van der Waals surface area contributed by atoms with Crippen molar-refractivity contribution in [3.05, 3.63) is 251 Å². The molecule has 380 valence electrons. The third kappa shape index (κ3) is 15.3. The molecule has 7 aromatic carbocycles. The van der Waals surface area contributed by atoms with Crippen molar-refractivity contribution in [2.45, 2.75) is 108 Å². The third-order valence-corrected chi connectivity index (χ3v) is 12.9. The first-order valence-electron chi connectivity index (χ1n) is 25.2. The summed E-state index contributed by atoms with van der Waals surface area (Å²) in [6, 6.07) is 70.4. The van der Waals surface area contributed by atoms with E-state index in [0.717, 1.165) is 38.9 Å². The second-order valence-electron chi connectivity index (χ2n) is 18.2. The molecule has 9 rings (SSSR count). The lowest BCUT2D eigenvalue weighted by molar-refractivity contribution is -0.376. The molecule has 0 amide bonds. The fourth-order valence-electron chi connectivity index (χ4n) is 9.14. The minimum Gasteiger partial charge on any atom is -0.374 e. The van der Waals surface area contributed by atoms with Crippen LogP contribution in [-0.2, 0) is 98.4 Å². The predicted octanol–water partition coefficient (Wildman–Crippen LogP) is 10.8. The van der Waals surface area contributed by atoms with E-state index in [9.17, 15) is 0 Å². The van der Waals surface area contributed by atoms with E-state index in [1.165, 1.54) is 0 Å². The van der Waals surface area contributed by atoms with Crippen molar-refractivity contribution in [2.24, 2.45) is 0 Å². The maximum Gasteiger partial charge on any atom is 0.187 e. The van der Waals surface area contributed by atoms with Crippen molar-refractivity contribution in [3.63, 3.8) is 0 Å². The first-order chi connectivity index (χ1) is 36.2. The molecule has 2 fully saturated rings. The molecule has 0 unspecified atom stereocenters. The minimum absolute atomic E-state index is 0.124. The number of rotatable bonds is 26. The van der Waals surface area contributed by atoms with Crippen LogP contribution >= 0.6 is 0 Å². The zero-order chi connectivity index (χ0) is 49.7. The molecule has 0 N–H and O–H groups in total. The van der Waals surface area contributed by atoms with Crippen molar-refractivity contribution in [1.82, 2.24) is 0 Å². The first kappa shape index (κ1) is 52.0. The molecule has 2 heterocycles. The van der Waals surface area contributed by atoms with Gasteiger partial charge in [0.25, 0.3) is 0 Å². The number of hydrogen-bond donors (Lipinski definition) is 0. The summed E-state index contributed by atoms with van der Waals surface area (Å²) in [4.78, 5) is 0. The van der Waals surface area contributed by atoms with Gasteiger partial charge in [0, 0.05) is 7.11 Å². The Morgan fingerprint density at radius 2 is 0.548 bits per heavy atom. The number of hydrogen-bond acceptors (Lipinski definition) is 11. The summed E-state index contributed by atoms with van der Waals surface area (Å²) >= 11 is 0. The van der Waals surface area contributed by atoms with Crippen LogP contribution in [0.3, 0.4) is 0 Å². The Bertz CT molecular complexity index is 2560. The molecule has 11 heteroatoms. The second kappa shape index (κ2) is 28.0. The van der Waals surface area contributed by atoms with Gasteiger partial charge in [-0.3, -0.25) is 0 Å². The predicted molar refractivity (Wildman–Crippen MR) is 276 cm³/mol. The maximum absolute atomic E-state index is 7.51. The van der Waals surface area contributed by atoms with Crippen molar-refractivity contribution >= 4 is 0 Å². The highest BCUT2D eigenvalue weighted by Gasteiger charge is 2.54. The highest BCUT2D eigenvalue weighted by molar-refractivity contribution is 5.19. The van der Waals surface area contributed by atoms with Gasteiger partial charge in [0.15, 0.2) is 12.6 Å². The van der Waals surface area contributed by atoms with Gasteiger partial charge in [0.1, 0.15) is 48.8 Å². The average molecular weight is 987 g/mol. The molecular weight excluding hydrogens is 921 g/mol. The third-order valence-electron chi connectivity index (χ3n) is 12.9. The lowest BCUT2D eigenvalue weighted by atomic mass is 9.95. The highest BCUT2D eigenvalue weighted by Crippen LogP contribution is 2.37. The van der Waals surface area contributed by atoms with Gasteiger partial charge in [-0.25, -0.2) is 0 Å². The monoisotopic (exact) mass is 986 g/mol. The summed E-state index contributed by atoms with van der Waals surface area (Å²) in [5.41, 5.74) is 6.95. The van der Waals surface area contributed by atoms with Crippen LogP contribution in [-0.4, -0.2) is 81.7 Å². The van der Waals surface area contributed by atoms with Gasteiger partial charge in [0.05, 0.1) is 59.5 Å². The standard InChI is InChI=1S/C62H66O11/c1-63-61-59(69-42-51-33-19-7-20-34-51)58(68-41-50-31-17-6-18-32-50)56(54(71-61)45-65-38-47-25-11-3-12-26-47)73-62-60(70-43-52-35-21-8-22-36-52)57(67-40-49-29-15-5-16-30-49)55(66-39-48-27-13-4-14-28-48)53(72-62)44-64-37-46-23-9-2-10-24-46/h2-36,53-62H,37-45H2,1H3/t53-,54-,55-,56-,57+,58+,59-,60-,61-,62-/m1/s1. The first-order valence-corrected chi connectivity index (χ1v) is 25.2. The number of benzene rings is 7. The fourth-order valence-corrected chi connectivity index (χ4v) is 9.14. The van der Waals surface area contributed by atoms with Crippen molar-refractivity contribution in [2.75, 3.05) is 20.3 Å². The molecule has 0 bridgehead atoms. The van der Waals surface area contributed by atoms with Gasteiger partial charge < -0.3 is 52.1 Å². The zero-order valence-electron chi connectivity index (χ0n) is 41.3. The smallest absolute Gasteiger partial charge is 0.187 e. The molecule has 73 heavy (non-hydrogen) atoms. The molecule has 2 aliphatic heterocycles. The van der Waals surface area contributed by atoms with E-state index in [-0.39, 0.29) is 46.2 Å². The Balaban J connectivity index is 1.11. The van der Waals surface area contributed by atoms with Crippen molar-refractivity contribution in [1.29, 1.82) is 0 Å². The van der Waals surface area contributed by atoms with Gasteiger partial charge in [-0.1, -0.05) is 212 Å². The van der Waals surface area contributed by atoms with Crippen LogP contribution in [0.15, 0.2) is 212 Å². The summed E-state index contributed by atoms with van der Waals surface area (Å²) in [5, 5.41) is 0. The number of methoxy groups -OCH3 is 1. The largest absolute Gasteiger partial charge is 0.374 e. The molecule has 11 nitrogen and oxygen atoms in total. The van der Waals surface area contributed by atoms with E-state index >= 15 is 0 Å². The maximum atomic E-state index is 7.51. The topological polar surface area (TPSA) is 102 Å². The van der Waals surface area contributed by atoms with Crippen LogP contribution in [0.4, 0.5) is 0 Å². The summed E-state index contributed by atoms with van der Waals surface area (Å²) in [5.74, 6) is 0. The molecule has 2 aliphatic rings. The molecule has 10 atom stereocenters. The Morgan fingerprint density at radius 3 is 0.890 bits per heavy atom. The zero-order valence-corrected chi connectivity index (χ0v) is 41.3. The SMILES string of the molecule is CO[C@@H]1O[C@H](COCc2ccccc2)[C@@H](O[C@H]2O[C@H](COCc3ccccc3)[C@@H](OCc3ccccc3)[C@H](OCc3ccccc3)[C@H]2OCc2ccccc2)[C@H](OCc2ccccc2)[C@H]1OCc1ccccc1. The van der Waals surface area contributed by atoms with Crippen molar-refractivity contribution in [3.8, 4) is 0 Å². The summed E-state index contributed by atoms with van der Waals surface area (Å²) in [6.07, 6.45) is -8.10. The van der Waals surface area contributed by atoms with Crippen LogP contribution in [0.1, 0.15) is 38.9 Å². The van der Waals surface area contributed by atoms with E-state index in [4.69, 9.17) is 52.1 Å². The van der Waals surface area contributed by atoms with Gasteiger partial charge in [0.2, 0.25) is 0 Å². The Hall–Kier alpha value is -5.90. The Labute approximate surface area is 429 Å². The van der Waals surface area contributed by atoms with Crippen LogP contribution in [0.2, 0.25) is 0 Å². The molecule has 7 aromatic rings. The van der Waals surface area contributed by atoms with Crippen LogP contribution in [0.25, 0.3) is 0 Å². The van der Waals surface area contributed by atoms with E-state index in [1.54, 1.807) is 7.11 Å². The quantitative estimate of drug-likeness (QED) is 0.0518. The molecule has 2 saturated heterocycles. The molecular formula is C62H66O11. The number of ether oxygens (including phenoxy) is 11. The Morgan fingerprint density at radius 1 is 0.288 bits per heavy atom. The Kier molecular flexibility index (Phi) is 19.9. The van der Waals surface area contributed by atoms with E-state index < -0.39 is 61.4 Å². The van der Waals surface area contributed by atoms with Crippen LogP contribution in [0, 0.1) is 0 Å². The van der Waals surface area contributed by atoms with Gasteiger partial charge in [-0.2, -0.15) is 0 Å². The van der Waals surface area contributed by atoms with E-state index in [0.29, 0.717) is 13.2 Å². The second-order valence-corrected chi connectivity index (χ2v) is 18.2.